The molecule has 2 heteroatoms. The zero-order valence-electron chi connectivity index (χ0n) is 6.55. The molecule has 1 aliphatic heterocycles. The average molecular weight is 170 g/mol. The lowest BCUT2D eigenvalue weighted by Crippen LogP contribution is -2.00. The topological polar surface area (TPSA) is 12.0 Å². The molecule has 0 fully saturated rings. The van der Waals surface area contributed by atoms with Gasteiger partial charge in [0.2, 0.25) is 0 Å². The van der Waals surface area contributed by atoms with Crippen LogP contribution in [0.4, 0.5) is 0 Å². The van der Waals surface area contributed by atoms with E-state index in [9.17, 15) is 0 Å². The lowest BCUT2D eigenvalue weighted by molar-refractivity contribution is 0.763. The van der Waals surface area contributed by atoms with Gasteiger partial charge in [-0.2, -0.15) is 0 Å². The summed E-state index contributed by atoms with van der Waals surface area (Å²) in [6.45, 7) is 4.28. The van der Waals surface area contributed by atoms with Crippen molar-refractivity contribution in [1.82, 2.24) is 5.32 Å². The minimum absolute atomic E-state index is 0. The fourth-order valence-corrected chi connectivity index (χ4v) is 1.50. The molecule has 0 aliphatic carbocycles. The molecule has 0 atom stereocenters. The van der Waals surface area contributed by atoms with E-state index < -0.39 is 0 Å². The van der Waals surface area contributed by atoms with Gasteiger partial charge in [-0.05, 0) is 23.6 Å². The van der Waals surface area contributed by atoms with Crippen LogP contribution in [0.1, 0.15) is 16.7 Å². The highest BCUT2D eigenvalue weighted by molar-refractivity contribution is 5.85. The van der Waals surface area contributed by atoms with Crippen molar-refractivity contribution in [3.05, 3.63) is 34.9 Å². The van der Waals surface area contributed by atoms with Gasteiger partial charge in [0.15, 0.2) is 0 Å². The number of rotatable bonds is 0. The molecule has 60 valence electrons. The van der Waals surface area contributed by atoms with Crippen molar-refractivity contribution in [3.8, 4) is 0 Å². The second kappa shape index (κ2) is 3.24. The highest BCUT2D eigenvalue weighted by Crippen LogP contribution is 2.18. The standard InChI is InChI=1S/C9H11N.ClH/c1-7-3-2-4-8-5-10-6-9(7)8;/h2-4,10H,5-6H2,1H3;1H. The van der Waals surface area contributed by atoms with E-state index in [-0.39, 0.29) is 12.4 Å². The van der Waals surface area contributed by atoms with Crippen LogP contribution in [0.25, 0.3) is 0 Å². The number of fused-ring (bicyclic) bond motifs is 1. The minimum atomic E-state index is 0. The van der Waals surface area contributed by atoms with Gasteiger partial charge in [-0.25, -0.2) is 0 Å². The summed E-state index contributed by atoms with van der Waals surface area (Å²) < 4.78 is 0. The molecule has 1 aliphatic rings. The van der Waals surface area contributed by atoms with E-state index in [1.54, 1.807) is 0 Å². The van der Waals surface area contributed by atoms with Crippen LogP contribution in [0.2, 0.25) is 0 Å². The van der Waals surface area contributed by atoms with Gasteiger partial charge in [-0.3, -0.25) is 0 Å². The fraction of sp³-hybridized carbons (Fsp3) is 0.333. The van der Waals surface area contributed by atoms with Gasteiger partial charge in [-0.1, -0.05) is 18.2 Å². The monoisotopic (exact) mass is 169 g/mol. The Morgan fingerprint density at radius 2 is 2.09 bits per heavy atom. The van der Waals surface area contributed by atoms with Crippen LogP contribution >= 0.6 is 12.4 Å². The number of hydrogen-bond acceptors (Lipinski definition) is 1. The van der Waals surface area contributed by atoms with Gasteiger partial charge in [0.25, 0.3) is 0 Å². The highest BCUT2D eigenvalue weighted by atomic mass is 35.5. The molecule has 0 spiro atoms. The molecule has 0 bridgehead atoms. The smallest absolute Gasteiger partial charge is 0.0214 e. The van der Waals surface area contributed by atoms with Crippen LogP contribution in [0.3, 0.4) is 0 Å². The maximum atomic E-state index is 3.33. The van der Waals surface area contributed by atoms with Crippen molar-refractivity contribution in [2.45, 2.75) is 20.0 Å². The fourth-order valence-electron chi connectivity index (χ4n) is 1.50. The Morgan fingerprint density at radius 3 is 2.82 bits per heavy atom. The number of halogens is 1. The van der Waals surface area contributed by atoms with Crippen LogP contribution in [-0.4, -0.2) is 0 Å². The Kier molecular flexibility index (Phi) is 2.53. The first kappa shape index (κ1) is 8.57. The normalized spacial score (nSPS) is 13.9. The SMILES string of the molecule is Cc1cccc2c1CNC2.Cl. The summed E-state index contributed by atoms with van der Waals surface area (Å²) in [5.74, 6) is 0. The Morgan fingerprint density at radius 1 is 1.27 bits per heavy atom. The van der Waals surface area contributed by atoms with Gasteiger partial charge in [0, 0.05) is 13.1 Å². The molecule has 1 N–H and O–H groups in total. The molecule has 0 radical (unpaired) electrons. The van der Waals surface area contributed by atoms with Gasteiger partial charge >= 0.3 is 0 Å². The third-order valence-corrected chi connectivity index (χ3v) is 2.12. The van der Waals surface area contributed by atoms with Crippen LogP contribution in [-0.2, 0) is 13.1 Å². The van der Waals surface area contributed by atoms with E-state index in [1.165, 1.54) is 16.7 Å². The van der Waals surface area contributed by atoms with Gasteiger partial charge in [0.05, 0.1) is 0 Å². The highest BCUT2D eigenvalue weighted by Gasteiger charge is 2.09. The lowest BCUT2D eigenvalue weighted by Gasteiger charge is -1.99. The molecule has 1 aromatic rings. The van der Waals surface area contributed by atoms with Crippen molar-refractivity contribution in [2.24, 2.45) is 0 Å². The predicted octanol–water partition coefficient (Wildman–Crippen LogP) is 2.02. The summed E-state index contributed by atoms with van der Waals surface area (Å²) in [7, 11) is 0. The van der Waals surface area contributed by atoms with E-state index >= 15 is 0 Å². The quantitative estimate of drug-likeness (QED) is 0.627. The van der Waals surface area contributed by atoms with Crippen molar-refractivity contribution in [1.29, 1.82) is 0 Å². The van der Waals surface area contributed by atoms with Crippen LogP contribution < -0.4 is 5.32 Å². The predicted molar refractivity (Wildman–Crippen MR) is 49.0 cm³/mol. The molecule has 0 amide bonds. The molecular formula is C9H12ClN. The molecule has 0 unspecified atom stereocenters. The summed E-state index contributed by atoms with van der Waals surface area (Å²) in [5.41, 5.74) is 4.39. The zero-order valence-corrected chi connectivity index (χ0v) is 7.37. The molecule has 1 aromatic carbocycles. The Bertz CT molecular complexity index is 258. The average Bonchev–Trinajstić information content (AvgIpc) is 2.36. The van der Waals surface area contributed by atoms with E-state index in [0.29, 0.717) is 0 Å². The molecule has 1 heterocycles. The van der Waals surface area contributed by atoms with E-state index in [2.05, 4.69) is 30.4 Å². The number of nitrogens with one attached hydrogen (secondary N) is 1. The van der Waals surface area contributed by atoms with E-state index in [0.717, 1.165) is 13.1 Å². The van der Waals surface area contributed by atoms with Gasteiger partial charge in [0.1, 0.15) is 0 Å². The van der Waals surface area contributed by atoms with Gasteiger partial charge in [-0.15, -0.1) is 12.4 Å². The maximum Gasteiger partial charge on any atom is 0.0214 e. The lowest BCUT2D eigenvalue weighted by atomic mass is 10.1. The zero-order chi connectivity index (χ0) is 6.97. The molecule has 1 nitrogen and oxygen atoms in total. The van der Waals surface area contributed by atoms with Crippen LogP contribution in [0, 0.1) is 6.92 Å². The number of hydrogen-bond donors (Lipinski definition) is 1. The first-order valence-electron chi connectivity index (χ1n) is 3.66. The molecule has 0 aromatic heterocycles. The maximum absolute atomic E-state index is 3.33. The molecule has 11 heavy (non-hydrogen) atoms. The van der Waals surface area contributed by atoms with Crippen molar-refractivity contribution in [2.75, 3.05) is 0 Å². The summed E-state index contributed by atoms with van der Waals surface area (Å²) >= 11 is 0. The molecule has 0 saturated heterocycles. The first-order valence-corrected chi connectivity index (χ1v) is 3.66. The Balaban J connectivity index is 0.000000605. The minimum Gasteiger partial charge on any atom is -0.309 e. The van der Waals surface area contributed by atoms with Crippen molar-refractivity contribution in [3.63, 3.8) is 0 Å². The largest absolute Gasteiger partial charge is 0.309 e. The molecular weight excluding hydrogens is 158 g/mol. The van der Waals surface area contributed by atoms with E-state index in [4.69, 9.17) is 0 Å². The summed E-state index contributed by atoms with van der Waals surface area (Å²) in [6.07, 6.45) is 0. The summed E-state index contributed by atoms with van der Waals surface area (Å²) in [5, 5.41) is 3.33. The molecule has 2 rings (SSSR count). The third-order valence-electron chi connectivity index (χ3n) is 2.12. The van der Waals surface area contributed by atoms with Crippen molar-refractivity contribution >= 4 is 12.4 Å². The molecule has 0 saturated carbocycles. The van der Waals surface area contributed by atoms with Crippen LogP contribution in [0.15, 0.2) is 18.2 Å². The first-order chi connectivity index (χ1) is 4.88. The second-order valence-electron chi connectivity index (χ2n) is 2.82. The van der Waals surface area contributed by atoms with Crippen molar-refractivity contribution < 1.29 is 0 Å². The summed E-state index contributed by atoms with van der Waals surface area (Å²) in [6, 6.07) is 6.50. The number of aryl methyl sites for hydroxylation is 1. The van der Waals surface area contributed by atoms with Crippen LogP contribution in [0.5, 0.6) is 0 Å². The number of benzene rings is 1. The van der Waals surface area contributed by atoms with E-state index in [1.807, 2.05) is 0 Å². The second-order valence-corrected chi connectivity index (χ2v) is 2.82. The third kappa shape index (κ3) is 1.39. The Hall–Kier alpha value is -0.530. The Labute approximate surface area is 73.2 Å². The van der Waals surface area contributed by atoms with Gasteiger partial charge < -0.3 is 5.32 Å². The summed E-state index contributed by atoms with van der Waals surface area (Å²) in [4.78, 5) is 0.